The Balaban J connectivity index is 2.52. The van der Waals surface area contributed by atoms with Gasteiger partial charge in [-0.3, -0.25) is 4.79 Å². The highest BCUT2D eigenvalue weighted by atomic mass is 32.2. The third kappa shape index (κ3) is 4.37. The van der Waals surface area contributed by atoms with Gasteiger partial charge in [-0.25, -0.2) is 8.42 Å². The molecule has 1 amide bonds. The van der Waals surface area contributed by atoms with Crippen molar-refractivity contribution in [2.45, 2.75) is 63.0 Å². The Kier molecular flexibility index (Phi) is 7.09. The SMILES string of the molecule is COCCN(CC(C)C)C(=O)C1(S(=O)(=O)c2cc(C)ccc2C)CCCC1. The van der Waals surface area contributed by atoms with Crippen LogP contribution >= 0.6 is 0 Å². The zero-order valence-corrected chi connectivity index (χ0v) is 18.1. The second-order valence-electron chi connectivity index (χ2n) is 8.11. The van der Waals surface area contributed by atoms with E-state index < -0.39 is 14.6 Å². The highest BCUT2D eigenvalue weighted by molar-refractivity contribution is 7.93. The Morgan fingerprint density at radius 1 is 1.22 bits per heavy atom. The Morgan fingerprint density at radius 2 is 1.85 bits per heavy atom. The summed E-state index contributed by atoms with van der Waals surface area (Å²) in [6.07, 6.45) is 2.30. The molecule has 1 saturated carbocycles. The standard InChI is InChI=1S/C21H33NO4S/c1-16(2)15-22(12-13-26-5)20(23)21(10-6-7-11-21)27(24,25)19-14-17(3)8-9-18(19)4/h8-9,14,16H,6-7,10-13,15H2,1-5H3. The highest BCUT2D eigenvalue weighted by Crippen LogP contribution is 2.43. The lowest BCUT2D eigenvalue weighted by Gasteiger charge is -2.35. The van der Waals surface area contributed by atoms with E-state index in [1.165, 1.54) is 0 Å². The summed E-state index contributed by atoms with van der Waals surface area (Å²) in [6.45, 7) is 9.10. The first kappa shape index (κ1) is 21.9. The molecule has 0 aromatic heterocycles. The van der Waals surface area contributed by atoms with Gasteiger partial charge < -0.3 is 9.64 Å². The van der Waals surface area contributed by atoms with Crippen LogP contribution in [0.5, 0.6) is 0 Å². The fourth-order valence-electron chi connectivity index (χ4n) is 3.96. The van der Waals surface area contributed by atoms with Gasteiger partial charge in [-0.05, 0) is 49.8 Å². The Hall–Kier alpha value is -1.40. The van der Waals surface area contributed by atoms with Gasteiger partial charge in [0.15, 0.2) is 14.6 Å². The third-order valence-electron chi connectivity index (χ3n) is 5.39. The van der Waals surface area contributed by atoms with Crippen LogP contribution in [0.3, 0.4) is 0 Å². The molecule has 0 spiro atoms. The molecular formula is C21H33NO4S. The van der Waals surface area contributed by atoms with Gasteiger partial charge in [0.25, 0.3) is 0 Å². The molecule has 27 heavy (non-hydrogen) atoms. The largest absolute Gasteiger partial charge is 0.383 e. The maximum absolute atomic E-state index is 13.8. The second kappa shape index (κ2) is 8.74. The van der Waals surface area contributed by atoms with E-state index in [9.17, 15) is 13.2 Å². The number of benzene rings is 1. The number of aryl methyl sites for hydroxylation is 2. The number of sulfone groups is 1. The summed E-state index contributed by atoms with van der Waals surface area (Å²) in [6, 6.07) is 5.44. The quantitative estimate of drug-likeness (QED) is 0.676. The van der Waals surface area contributed by atoms with Gasteiger partial charge in [-0.1, -0.05) is 38.8 Å². The number of hydrogen-bond donors (Lipinski definition) is 0. The van der Waals surface area contributed by atoms with Gasteiger partial charge in [0.2, 0.25) is 5.91 Å². The molecule has 0 N–H and O–H groups in total. The smallest absolute Gasteiger partial charge is 0.244 e. The molecule has 152 valence electrons. The van der Waals surface area contributed by atoms with Crippen molar-refractivity contribution in [1.29, 1.82) is 0 Å². The van der Waals surface area contributed by atoms with Gasteiger partial charge in [-0.15, -0.1) is 0 Å². The molecule has 1 aliphatic rings. The number of hydrogen-bond acceptors (Lipinski definition) is 4. The number of ether oxygens (including phenoxy) is 1. The summed E-state index contributed by atoms with van der Waals surface area (Å²) in [5.74, 6) is -0.000625. The lowest BCUT2D eigenvalue weighted by molar-refractivity contribution is -0.135. The van der Waals surface area contributed by atoms with Crippen molar-refractivity contribution in [3.63, 3.8) is 0 Å². The van der Waals surface area contributed by atoms with Gasteiger partial charge in [0.05, 0.1) is 11.5 Å². The fraction of sp³-hybridized carbons (Fsp3) is 0.667. The number of methoxy groups -OCH3 is 1. The topological polar surface area (TPSA) is 63.7 Å². The maximum atomic E-state index is 13.8. The van der Waals surface area contributed by atoms with E-state index in [-0.39, 0.29) is 11.8 Å². The van der Waals surface area contributed by atoms with E-state index >= 15 is 0 Å². The zero-order chi connectivity index (χ0) is 20.2. The lowest BCUT2D eigenvalue weighted by atomic mass is 10.0. The summed E-state index contributed by atoms with van der Waals surface area (Å²) in [7, 11) is -2.20. The maximum Gasteiger partial charge on any atom is 0.244 e. The van der Waals surface area contributed by atoms with Gasteiger partial charge in [0.1, 0.15) is 0 Å². The zero-order valence-electron chi connectivity index (χ0n) is 17.2. The number of carbonyl (C=O) groups is 1. The van der Waals surface area contributed by atoms with Crippen molar-refractivity contribution >= 4 is 15.7 Å². The molecule has 1 fully saturated rings. The summed E-state index contributed by atoms with van der Waals surface area (Å²) in [5, 5.41) is 0. The van der Waals surface area contributed by atoms with Crippen molar-refractivity contribution in [2.75, 3.05) is 26.8 Å². The summed E-state index contributed by atoms with van der Waals surface area (Å²) < 4.78 is 31.3. The summed E-state index contributed by atoms with van der Waals surface area (Å²) in [4.78, 5) is 15.6. The third-order valence-corrected chi connectivity index (χ3v) is 8.02. The Morgan fingerprint density at radius 3 is 2.41 bits per heavy atom. The molecule has 6 heteroatoms. The monoisotopic (exact) mass is 395 g/mol. The van der Waals surface area contributed by atoms with Crippen molar-refractivity contribution in [2.24, 2.45) is 5.92 Å². The lowest BCUT2D eigenvalue weighted by Crippen LogP contribution is -2.54. The van der Waals surface area contributed by atoms with Crippen LogP contribution in [-0.4, -0.2) is 50.8 Å². The molecule has 0 heterocycles. The van der Waals surface area contributed by atoms with E-state index in [1.54, 1.807) is 25.0 Å². The van der Waals surface area contributed by atoms with Crippen LogP contribution in [0.1, 0.15) is 50.7 Å². The molecule has 5 nitrogen and oxygen atoms in total. The number of carbonyl (C=O) groups excluding carboxylic acids is 1. The van der Waals surface area contributed by atoms with Crippen LogP contribution in [0.25, 0.3) is 0 Å². The minimum absolute atomic E-state index is 0.257. The van der Waals surface area contributed by atoms with Gasteiger partial charge >= 0.3 is 0 Å². The predicted octanol–water partition coefficient (Wildman–Crippen LogP) is 3.52. The minimum Gasteiger partial charge on any atom is -0.383 e. The van der Waals surface area contributed by atoms with Crippen molar-refractivity contribution < 1.29 is 17.9 Å². The van der Waals surface area contributed by atoms with E-state index in [0.717, 1.165) is 18.4 Å². The predicted molar refractivity (Wildman–Crippen MR) is 108 cm³/mol. The van der Waals surface area contributed by atoms with Gasteiger partial charge in [0, 0.05) is 20.2 Å². The first-order chi connectivity index (χ1) is 12.7. The molecule has 1 aliphatic carbocycles. The summed E-state index contributed by atoms with van der Waals surface area (Å²) >= 11 is 0. The number of amides is 1. The molecule has 1 aromatic rings. The molecule has 0 aliphatic heterocycles. The Bertz CT molecular complexity index is 764. The van der Waals surface area contributed by atoms with Crippen LogP contribution in [0.2, 0.25) is 0 Å². The normalized spacial score (nSPS) is 16.7. The molecule has 1 aromatic carbocycles. The number of rotatable bonds is 8. The van der Waals surface area contributed by atoms with Crippen molar-refractivity contribution in [3.05, 3.63) is 29.3 Å². The van der Waals surface area contributed by atoms with Crippen LogP contribution in [0.4, 0.5) is 0 Å². The van der Waals surface area contributed by atoms with Crippen molar-refractivity contribution in [3.8, 4) is 0 Å². The average Bonchev–Trinajstić information content (AvgIpc) is 3.11. The molecule has 0 saturated heterocycles. The fourth-order valence-corrected chi connectivity index (χ4v) is 6.40. The molecule has 0 unspecified atom stereocenters. The van der Waals surface area contributed by atoms with E-state index in [4.69, 9.17) is 4.74 Å². The second-order valence-corrected chi connectivity index (χ2v) is 10.3. The highest BCUT2D eigenvalue weighted by Gasteiger charge is 2.54. The van der Waals surface area contributed by atoms with Crippen LogP contribution in [-0.2, 0) is 19.4 Å². The van der Waals surface area contributed by atoms with Crippen LogP contribution in [0.15, 0.2) is 23.1 Å². The van der Waals surface area contributed by atoms with E-state index in [1.807, 2.05) is 32.9 Å². The molecule has 0 atom stereocenters. The van der Waals surface area contributed by atoms with Gasteiger partial charge in [-0.2, -0.15) is 0 Å². The number of nitrogens with zero attached hydrogens (tertiary/aromatic N) is 1. The molecular weight excluding hydrogens is 362 g/mol. The first-order valence-electron chi connectivity index (χ1n) is 9.76. The van der Waals surface area contributed by atoms with Crippen LogP contribution < -0.4 is 0 Å². The van der Waals surface area contributed by atoms with Crippen molar-refractivity contribution in [1.82, 2.24) is 4.90 Å². The van der Waals surface area contributed by atoms with E-state index in [2.05, 4.69) is 0 Å². The first-order valence-corrected chi connectivity index (χ1v) is 11.2. The van der Waals surface area contributed by atoms with Crippen LogP contribution in [0, 0.1) is 19.8 Å². The summed E-state index contributed by atoms with van der Waals surface area (Å²) in [5.41, 5.74) is 1.59. The Labute approximate surface area is 164 Å². The average molecular weight is 396 g/mol. The molecule has 0 bridgehead atoms. The minimum atomic E-state index is -3.79. The van der Waals surface area contributed by atoms with E-state index in [0.29, 0.717) is 43.0 Å². The molecule has 0 radical (unpaired) electrons. The molecule has 2 rings (SSSR count).